The van der Waals surface area contributed by atoms with Gasteiger partial charge in [-0.1, -0.05) is 50.5 Å². The van der Waals surface area contributed by atoms with E-state index in [4.69, 9.17) is 19.2 Å². The average molecular weight is 709 g/mol. The molecule has 52 heavy (non-hydrogen) atoms. The highest BCUT2D eigenvalue weighted by Gasteiger charge is 2.21. The highest BCUT2D eigenvalue weighted by Crippen LogP contribution is 2.16. The van der Waals surface area contributed by atoms with Crippen LogP contribution in [0.1, 0.15) is 88.5 Å². The third kappa shape index (κ3) is 12.6. The van der Waals surface area contributed by atoms with E-state index in [0.717, 1.165) is 17.8 Å². The van der Waals surface area contributed by atoms with Crippen LogP contribution in [-0.2, 0) is 45.2 Å². The third-order valence-electron chi connectivity index (χ3n) is 8.15. The van der Waals surface area contributed by atoms with E-state index in [1.165, 1.54) is 21.3 Å². The zero-order valence-electron chi connectivity index (χ0n) is 31.0. The summed E-state index contributed by atoms with van der Waals surface area (Å²) in [7, 11) is 4.05. The molecule has 3 aromatic heterocycles. The molecule has 0 spiro atoms. The molecule has 0 saturated carbocycles. The van der Waals surface area contributed by atoms with Crippen molar-refractivity contribution in [2.45, 2.75) is 59.8 Å². The minimum absolute atomic E-state index is 0.111. The summed E-state index contributed by atoms with van der Waals surface area (Å²) < 4.78 is 15.0. The van der Waals surface area contributed by atoms with Crippen molar-refractivity contribution in [3.63, 3.8) is 0 Å². The summed E-state index contributed by atoms with van der Waals surface area (Å²) in [6, 6.07) is 13.0. The fourth-order valence-electron chi connectivity index (χ4n) is 5.58. The normalized spacial score (nSPS) is 14.1. The van der Waals surface area contributed by atoms with Gasteiger partial charge in [-0.2, -0.15) is 0 Å². The lowest BCUT2D eigenvalue weighted by Crippen LogP contribution is -2.41. The molecule has 12 nitrogen and oxygen atoms in total. The minimum atomic E-state index is -0.531. The van der Waals surface area contributed by atoms with Crippen LogP contribution in [0, 0.1) is 29.6 Å². The van der Waals surface area contributed by atoms with Gasteiger partial charge < -0.3 is 14.2 Å². The van der Waals surface area contributed by atoms with Gasteiger partial charge in [0, 0.05) is 76.3 Å². The summed E-state index contributed by atoms with van der Waals surface area (Å²) in [5.74, 6) is 11.6. The van der Waals surface area contributed by atoms with E-state index in [9.17, 15) is 14.4 Å². The Bertz CT molecular complexity index is 1840. The first kappa shape index (κ1) is 39.6. The van der Waals surface area contributed by atoms with Crippen molar-refractivity contribution >= 4 is 17.9 Å². The van der Waals surface area contributed by atoms with E-state index >= 15 is 0 Å². The molecule has 0 aromatic carbocycles. The van der Waals surface area contributed by atoms with Crippen LogP contribution in [0.5, 0.6) is 0 Å². The fraction of sp³-hybridized carbons (Fsp3) is 0.450. The fourth-order valence-corrected chi connectivity index (χ4v) is 5.58. The predicted molar refractivity (Wildman–Crippen MR) is 196 cm³/mol. The molecule has 0 fully saturated rings. The van der Waals surface area contributed by atoms with Gasteiger partial charge in [0.15, 0.2) is 0 Å². The minimum Gasteiger partial charge on any atom is -0.468 e. The zero-order valence-corrected chi connectivity index (χ0v) is 31.0. The Balaban J connectivity index is 1.71. The van der Waals surface area contributed by atoms with E-state index < -0.39 is 11.9 Å². The van der Waals surface area contributed by atoms with E-state index in [-0.39, 0.29) is 23.9 Å². The number of nitrogens with zero attached hydrogens (tertiary/aromatic N) is 6. The molecule has 0 radical (unpaired) electrons. The Hall–Kier alpha value is -5.14. The Morgan fingerprint density at radius 2 is 1.23 bits per heavy atom. The lowest BCUT2D eigenvalue weighted by molar-refractivity contribution is -0.142. The highest BCUT2D eigenvalue weighted by atomic mass is 16.5. The largest absolute Gasteiger partial charge is 0.468 e. The summed E-state index contributed by atoms with van der Waals surface area (Å²) >= 11 is 0. The molecule has 0 amide bonds. The number of rotatable bonds is 9. The van der Waals surface area contributed by atoms with E-state index in [2.05, 4.69) is 57.3 Å². The lowest BCUT2D eigenvalue weighted by Gasteiger charge is -2.31. The highest BCUT2D eigenvalue weighted by molar-refractivity contribution is 5.88. The van der Waals surface area contributed by atoms with Gasteiger partial charge in [0.05, 0.1) is 50.6 Å². The van der Waals surface area contributed by atoms with Gasteiger partial charge in [-0.15, -0.1) is 0 Å². The molecule has 0 aliphatic carbocycles. The van der Waals surface area contributed by atoms with Crippen LogP contribution in [0.2, 0.25) is 0 Å². The molecule has 2 bridgehead atoms. The van der Waals surface area contributed by atoms with Crippen LogP contribution < -0.4 is 0 Å². The zero-order chi connectivity index (χ0) is 37.5. The molecule has 4 heterocycles. The van der Waals surface area contributed by atoms with Crippen molar-refractivity contribution in [2.75, 3.05) is 54.1 Å². The molecule has 3 aromatic rings. The number of carbonyl (C=O) groups excluding carboxylic acids is 3. The summed E-state index contributed by atoms with van der Waals surface area (Å²) in [5.41, 5.74) is 4.82. The Morgan fingerprint density at radius 1 is 0.712 bits per heavy atom. The molecule has 4 rings (SSSR count). The number of hydrogen-bond donors (Lipinski definition) is 0. The van der Waals surface area contributed by atoms with Gasteiger partial charge in [-0.05, 0) is 42.3 Å². The van der Waals surface area contributed by atoms with Crippen molar-refractivity contribution in [3.8, 4) is 23.7 Å². The number of esters is 3. The Labute approximate surface area is 306 Å². The van der Waals surface area contributed by atoms with E-state index in [1.807, 2.05) is 42.2 Å². The lowest BCUT2D eigenvalue weighted by atomic mass is 10.1. The maximum atomic E-state index is 12.6. The first-order valence-corrected chi connectivity index (χ1v) is 17.4. The third-order valence-corrected chi connectivity index (χ3v) is 8.15. The Kier molecular flexibility index (Phi) is 15.3. The Morgan fingerprint density at radius 3 is 1.77 bits per heavy atom. The maximum absolute atomic E-state index is 12.6. The van der Waals surface area contributed by atoms with Crippen molar-refractivity contribution in [2.24, 2.45) is 5.92 Å². The summed E-state index contributed by atoms with van der Waals surface area (Å²) in [4.78, 5) is 58.3. The topological polar surface area (TPSA) is 127 Å². The number of carbonyl (C=O) groups is 3. The molecule has 12 heteroatoms. The maximum Gasteiger partial charge on any atom is 0.356 e. The van der Waals surface area contributed by atoms with Crippen molar-refractivity contribution in [3.05, 3.63) is 87.8 Å². The second-order valence-corrected chi connectivity index (χ2v) is 12.9. The summed E-state index contributed by atoms with van der Waals surface area (Å²) in [6.07, 6.45) is 1.40. The molecule has 274 valence electrons. The number of aromatic nitrogens is 3. The van der Waals surface area contributed by atoms with Crippen molar-refractivity contribution in [1.82, 2.24) is 29.7 Å². The van der Waals surface area contributed by atoms with E-state index in [0.29, 0.717) is 87.2 Å². The summed E-state index contributed by atoms with van der Waals surface area (Å²) in [6.45, 7) is 10.4. The smallest absolute Gasteiger partial charge is 0.356 e. The number of methoxy groups -OCH3 is 3. The molecule has 0 atom stereocenters. The number of pyridine rings is 3. The molecule has 0 saturated heterocycles. The quantitative estimate of drug-likeness (QED) is 0.181. The second-order valence-electron chi connectivity index (χ2n) is 12.9. The SMILES string of the molecule is CCC#Cc1cc(CN2CCN(Cc3cc(C#CCC(C)C)cc(C(=O)OC)n3)CCN(CC(=O)OC)Cc3cccc(n3)C2)nc(C(=O)OC)c1. The number of hydrogen-bond acceptors (Lipinski definition) is 12. The second kappa shape index (κ2) is 20.0. The molecule has 0 N–H and O–H groups in total. The molecule has 1 aliphatic heterocycles. The van der Waals surface area contributed by atoms with E-state index in [1.54, 1.807) is 12.1 Å². The first-order valence-electron chi connectivity index (χ1n) is 17.4. The van der Waals surface area contributed by atoms with Crippen LogP contribution in [0.15, 0.2) is 42.5 Å². The van der Waals surface area contributed by atoms with Gasteiger partial charge >= 0.3 is 17.9 Å². The van der Waals surface area contributed by atoms with Crippen molar-refractivity contribution in [1.29, 1.82) is 0 Å². The number of fused-ring (bicyclic) bond motifs is 2. The van der Waals surface area contributed by atoms with Crippen LogP contribution in [-0.4, -0.2) is 102 Å². The monoisotopic (exact) mass is 708 g/mol. The molecule has 0 unspecified atom stereocenters. The van der Waals surface area contributed by atoms with Gasteiger partial charge in [0.2, 0.25) is 0 Å². The van der Waals surface area contributed by atoms with Gasteiger partial charge in [0.1, 0.15) is 11.4 Å². The number of ether oxygens (including phenoxy) is 3. The summed E-state index contributed by atoms with van der Waals surface area (Å²) in [5, 5.41) is 0. The first-order chi connectivity index (χ1) is 25.1. The molecule has 1 aliphatic rings. The van der Waals surface area contributed by atoms with Gasteiger partial charge in [0.25, 0.3) is 0 Å². The van der Waals surface area contributed by atoms with Crippen LogP contribution in [0.4, 0.5) is 0 Å². The predicted octanol–water partition coefficient (Wildman–Crippen LogP) is 4.10. The molecular formula is C40H48N6O6. The van der Waals surface area contributed by atoms with Gasteiger partial charge in [-0.25, -0.2) is 19.6 Å². The van der Waals surface area contributed by atoms with Crippen LogP contribution in [0.3, 0.4) is 0 Å². The van der Waals surface area contributed by atoms with Gasteiger partial charge in [-0.3, -0.25) is 24.5 Å². The average Bonchev–Trinajstić information content (AvgIpc) is 3.13. The van der Waals surface area contributed by atoms with Crippen LogP contribution >= 0.6 is 0 Å². The standard InChI is InChI=1S/C40H48N6O6/c1-7-8-12-30-20-35(43-36(22-30)39(48)51-5)27-45-18-16-44(17-19-46(28-38(47)50-4)25-33-15-10-14-32(24-45)41-33)26-34-21-31(13-9-11-29(2)3)23-37(42-34)40(49)52-6/h10,14-15,20-23,29H,7,11,16-19,24-28H2,1-6H3. The van der Waals surface area contributed by atoms with Crippen LogP contribution in [0.25, 0.3) is 0 Å². The molecular weight excluding hydrogens is 660 g/mol. The van der Waals surface area contributed by atoms with Crippen molar-refractivity contribution < 1.29 is 28.6 Å².